The van der Waals surface area contributed by atoms with E-state index in [1.807, 2.05) is 18.2 Å². The Hall–Kier alpha value is -0.450. The predicted molar refractivity (Wildman–Crippen MR) is 98.1 cm³/mol. The Bertz CT molecular complexity index is 622. The fourth-order valence-electron chi connectivity index (χ4n) is 2.53. The zero-order valence-electron chi connectivity index (χ0n) is 11.1. The van der Waals surface area contributed by atoms with Gasteiger partial charge in [-0.1, -0.05) is 45.7 Å². The van der Waals surface area contributed by atoms with Crippen LogP contribution in [-0.2, 0) is 6.54 Å². The molecule has 114 valence electrons. The molecular weight excluding hydrogens is 394 g/mol. The van der Waals surface area contributed by atoms with Gasteiger partial charge in [0.15, 0.2) is 0 Å². The average molecular weight is 411 g/mol. The predicted octanol–water partition coefficient (Wildman–Crippen LogP) is 4.97. The molecule has 0 aliphatic carbocycles. The molecule has 1 aliphatic rings. The highest BCUT2D eigenvalue weighted by Crippen LogP contribution is 2.36. The molecule has 2 aromatic carbocycles. The summed E-state index contributed by atoms with van der Waals surface area (Å²) in [6.45, 7) is 1.62. The lowest BCUT2D eigenvalue weighted by molar-refractivity contribution is 0.720. The highest BCUT2D eigenvalue weighted by Gasteiger charge is 2.26. The van der Waals surface area contributed by atoms with Gasteiger partial charge in [-0.15, -0.1) is 24.8 Å². The second kappa shape index (κ2) is 7.70. The van der Waals surface area contributed by atoms with Crippen LogP contribution in [0.1, 0.15) is 17.2 Å². The Morgan fingerprint density at radius 1 is 1.19 bits per heavy atom. The third-order valence-electron chi connectivity index (χ3n) is 3.47. The second-order valence-electron chi connectivity index (χ2n) is 4.78. The SMILES string of the molecule is Cl.Cl.NC1CN(Cc2ccccc2Cl)c2ccc(Br)cc21. The summed E-state index contributed by atoms with van der Waals surface area (Å²) in [5.41, 5.74) is 9.73. The zero-order valence-corrected chi connectivity index (χ0v) is 15.1. The van der Waals surface area contributed by atoms with Gasteiger partial charge in [0, 0.05) is 34.3 Å². The van der Waals surface area contributed by atoms with E-state index in [0.29, 0.717) is 0 Å². The van der Waals surface area contributed by atoms with Crippen molar-refractivity contribution in [2.24, 2.45) is 5.73 Å². The molecule has 3 rings (SSSR count). The number of fused-ring (bicyclic) bond motifs is 1. The zero-order chi connectivity index (χ0) is 13.4. The first-order valence-electron chi connectivity index (χ1n) is 6.18. The van der Waals surface area contributed by atoms with Crippen LogP contribution in [0.4, 0.5) is 5.69 Å². The quantitative estimate of drug-likeness (QED) is 0.758. The van der Waals surface area contributed by atoms with Gasteiger partial charge in [-0.05, 0) is 35.4 Å². The minimum atomic E-state index is 0. The summed E-state index contributed by atoms with van der Waals surface area (Å²) in [4.78, 5) is 2.29. The van der Waals surface area contributed by atoms with E-state index in [2.05, 4.69) is 45.1 Å². The molecular formula is C15H16BrCl3N2. The monoisotopic (exact) mass is 408 g/mol. The maximum absolute atomic E-state index is 6.23. The molecule has 1 atom stereocenters. The summed E-state index contributed by atoms with van der Waals surface area (Å²) in [5, 5.41) is 0.807. The van der Waals surface area contributed by atoms with Crippen LogP contribution in [0.3, 0.4) is 0 Å². The van der Waals surface area contributed by atoms with E-state index in [9.17, 15) is 0 Å². The first-order valence-corrected chi connectivity index (χ1v) is 7.35. The van der Waals surface area contributed by atoms with Gasteiger partial charge in [-0.3, -0.25) is 0 Å². The van der Waals surface area contributed by atoms with Crippen LogP contribution in [0.25, 0.3) is 0 Å². The van der Waals surface area contributed by atoms with Crippen LogP contribution in [-0.4, -0.2) is 6.54 Å². The van der Waals surface area contributed by atoms with Crippen LogP contribution in [0.15, 0.2) is 46.9 Å². The van der Waals surface area contributed by atoms with Crippen molar-refractivity contribution >= 4 is 58.0 Å². The molecule has 2 N–H and O–H groups in total. The van der Waals surface area contributed by atoms with Crippen LogP contribution >= 0.6 is 52.3 Å². The highest BCUT2D eigenvalue weighted by molar-refractivity contribution is 9.10. The summed E-state index contributed by atoms with van der Waals surface area (Å²) in [6.07, 6.45) is 0. The molecule has 0 amide bonds. The molecule has 0 fully saturated rings. The number of nitrogens with zero attached hydrogens (tertiary/aromatic N) is 1. The summed E-state index contributed by atoms with van der Waals surface area (Å²) >= 11 is 9.72. The Morgan fingerprint density at radius 3 is 2.62 bits per heavy atom. The molecule has 2 aromatic rings. The van der Waals surface area contributed by atoms with Gasteiger partial charge < -0.3 is 10.6 Å². The lowest BCUT2D eigenvalue weighted by Gasteiger charge is -2.20. The molecule has 0 aromatic heterocycles. The topological polar surface area (TPSA) is 29.3 Å². The summed E-state index contributed by atoms with van der Waals surface area (Å²) < 4.78 is 1.07. The van der Waals surface area contributed by atoms with Gasteiger partial charge in [0.1, 0.15) is 0 Å². The second-order valence-corrected chi connectivity index (χ2v) is 6.10. The molecule has 0 radical (unpaired) electrons. The lowest BCUT2D eigenvalue weighted by Crippen LogP contribution is -2.24. The lowest BCUT2D eigenvalue weighted by atomic mass is 10.1. The molecule has 0 spiro atoms. The Balaban J connectivity index is 0.00000110. The molecule has 21 heavy (non-hydrogen) atoms. The number of anilines is 1. The summed E-state index contributed by atoms with van der Waals surface area (Å²) in [7, 11) is 0. The average Bonchev–Trinajstić information content (AvgIpc) is 2.69. The van der Waals surface area contributed by atoms with Crippen molar-refractivity contribution in [2.45, 2.75) is 12.6 Å². The first-order chi connectivity index (χ1) is 9.15. The van der Waals surface area contributed by atoms with Crippen LogP contribution in [0, 0.1) is 0 Å². The minimum Gasteiger partial charge on any atom is -0.365 e. The number of halogens is 4. The number of hydrogen-bond acceptors (Lipinski definition) is 2. The molecule has 1 heterocycles. The van der Waals surface area contributed by atoms with Crippen LogP contribution < -0.4 is 10.6 Å². The normalized spacial score (nSPS) is 16.0. The van der Waals surface area contributed by atoms with Crippen molar-refractivity contribution in [1.29, 1.82) is 0 Å². The van der Waals surface area contributed by atoms with E-state index < -0.39 is 0 Å². The molecule has 6 heteroatoms. The van der Waals surface area contributed by atoms with Crippen molar-refractivity contribution in [3.63, 3.8) is 0 Å². The number of nitrogens with two attached hydrogens (primary N) is 1. The molecule has 0 bridgehead atoms. The highest BCUT2D eigenvalue weighted by atomic mass is 79.9. The molecule has 1 unspecified atom stereocenters. The van der Waals surface area contributed by atoms with Gasteiger partial charge in [-0.2, -0.15) is 0 Å². The third-order valence-corrected chi connectivity index (χ3v) is 4.33. The van der Waals surface area contributed by atoms with Gasteiger partial charge in [0.2, 0.25) is 0 Å². The van der Waals surface area contributed by atoms with Gasteiger partial charge >= 0.3 is 0 Å². The molecule has 0 saturated heterocycles. The van der Waals surface area contributed by atoms with Gasteiger partial charge in [-0.25, -0.2) is 0 Å². The molecule has 0 saturated carbocycles. The maximum atomic E-state index is 6.23. The van der Waals surface area contributed by atoms with Crippen LogP contribution in [0.2, 0.25) is 5.02 Å². The Morgan fingerprint density at radius 2 is 1.90 bits per heavy atom. The van der Waals surface area contributed by atoms with E-state index in [1.165, 1.54) is 11.3 Å². The fraction of sp³-hybridized carbons (Fsp3) is 0.200. The number of hydrogen-bond donors (Lipinski definition) is 1. The van der Waals surface area contributed by atoms with Crippen molar-refractivity contribution in [1.82, 2.24) is 0 Å². The van der Waals surface area contributed by atoms with E-state index >= 15 is 0 Å². The fourth-order valence-corrected chi connectivity index (χ4v) is 3.10. The minimum absolute atomic E-state index is 0. The van der Waals surface area contributed by atoms with Crippen molar-refractivity contribution in [3.8, 4) is 0 Å². The van der Waals surface area contributed by atoms with E-state index in [-0.39, 0.29) is 30.9 Å². The van der Waals surface area contributed by atoms with Gasteiger partial charge in [0.05, 0.1) is 0 Å². The number of benzene rings is 2. The number of rotatable bonds is 2. The van der Waals surface area contributed by atoms with Crippen molar-refractivity contribution in [2.75, 3.05) is 11.4 Å². The van der Waals surface area contributed by atoms with Crippen molar-refractivity contribution < 1.29 is 0 Å². The molecule has 1 aliphatic heterocycles. The maximum Gasteiger partial charge on any atom is 0.0494 e. The van der Waals surface area contributed by atoms with E-state index in [4.69, 9.17) is 17.3 Å². The Kier molecular flexibility index (Phi) is 6.82. The smallest absolute Gasteiger partial charge is 0.0494 e. The van der Waals surface area contributed by atoms with Crippen molar-refractivity contribution in [3.05, 3.63) is 63.1 Å². The standard InChI is InChI=1S/C15H14BrClN2.2ClH/c16-11-5-6-15-12(7-11)14(18)9-19(15)8-10-3-1-2-4-13(10)17;;/h1-7,14H,8-9,18H2;2*1H. The largest absolute Gasteiger partial charge is 0.365 e. The summed E-state index contributed by atoms with van der Waals surface area (Å²) in [5.74, 6) is 0. The van der Waals surface area contributed by atoms with Crippen LogP contribution in [0.5, 0.6) is 0 Å². The molecule has 2 nitrogen and oxygen atoms in total. The Labute approximate surface area is 150 Å². The first kappa shape index (κ1) is 18.6. The van der Waals surface area contributed by atoms with E-state index in [1.54, 1.807) is 0 Å². The van der Waals surface area contributed by atoms with Gasteiger partial charge in [0.25, 0.3) is 0 Å². The summed E-state index contributed by atoms with van der Waals surface area (Å²) in [6, 6.07) is 14.3. The third kappa shape index (κ3) is 3.85. The van der Waals surface area contributed by atoms with E-state index in [0.717, 1.165) is 28.1 Å².